The second-order valence-electron chi connectivity index (χ2n) is 2.61. The van der Waals surface area contributed by atoms with Crippen molar-refractivity contribution in [3.8, 4) is 5.88 Å². The summed E-state index contributed by atoms with van der Waals surface area (Å²) in [5, 5.41) is 9.46. The van der Waals surface area contributed by atoms with E-state index in [0.717, 1.165) is 0 Å². The number of rotatable bonds is 4. The maximum atomic E-state index is 11.3. The molecule has 0 aromatic carbocycles. The Kier molecular flexibility index (Phi) is 3.55. The average molecular weight is 210 g/mol. The minimum absolute atomic E-state index is 0.0945. The molecule has 0 fully saturated rings. The Bertz CT molecular complexity index is 363. The number of hydrogen-bond donors (Lipinski definition) is 2. The molecule has 1 aromatic rings. The zero-order valence-electron chi connectivity index (χ0n) is 8.06. The van der Waals surface area contributed by atoms with Gasteiger partial charge in [-0.15, -0.1) is 10.2 Å². The van der Waals surface area contributed by atoms with E-state index >= 15 is 0 Å². The molecule has 1 aromatic heterocycles. The van der Waals surface area contributed by atoms with E-state index in [1.807, 2.05) is 0 Å². The second kappa shape index (κ2) is 4.89. The second-order valence-corrected chi connectivity index (χ2v) is 2.61. The van der Waals surface area contributed by atoms with Crippen LogP contribution in [0.5, 0.6) is 5.88 Å². The summed E-state index contributed by atoms with van der Waals surface area (Å²) in [5.41, 5.74) is 4.95. The molecule has 0 saturated carbocycles. The van der Waals surface area contributed by atoms with Crippen LogP contribution in [0, 0.1) is 0 Å². The van der Waals surface area contributed by atoms with Gasteiger partial charge in [0.25, 0.3) is 5.91 Å². The van der Waals surface area contributed by atoms with E-state index in [9.17, 15) is 9.59 Å². The first-order chi connectivity index (χ1) is 7.13. The van der Waals surface area contributed by atoms with Gasteiger partial charge in [0.15, 0.2) is 5.69 Å². The monoisotopic (exact) mass is 210 g/mol. The van der Waals surface area contributed by atoms with E-state index in [-0.39, 0.29) is 12.2 Å². The molecule has 15 heavy (non-hydrogen) atoms. The molecule has 2 amide bonds. The number of nitrogens with zero attached hydrogens (tertiary/aromatic N) is 2. The van der Waals surface area contributed by atoms with Gasteiger partial charge in [-0.2, -0.15) is 0 Å². The van der Waals surface area contributed by atoms with Crippen molar-refractivity contribution in [3.05, 3.63) is 17.8 Å². The van der Waals surface area contributed by atoms with E-state index in [4.69, 9.17) is 10.5 Å². The predicted octanol–water partition coefficient (Wildman–Crippen LogP) is -1.30. The fourth-order valence-corrected chi connectivity index (χ4v) is 0.808. The van der Waals surface area contributed by atoms with Crippen LogP contribution >= 0.6 is 0 Å². The van der Waals surface area contributed by atoms with Gasteiger partial charge in [0.2, 0.25) is 11.8 Å². The lowest BCUT2D eigenvalue weighted by Crippen LogP contribution is -2.33. The van der Waals surface area contributed by atoms with Crippen molar-refractivity contribution in [2.24, 2.45) is 5.73 Å². The number of nitrogens with one attached hydrogen (secondary N) is 1. The molecule has 1 heterocycles. The molecule has 0 bridgehead atoms. The number of nitrogens with two attached hydrogens (primary N) is 1. The van der Waals surface area contributed by atoms with E-state index in [0.29, 0.717) is 5.88 Å². The van der Waals surface area contributed by atoms with Crippen molar-refractivity contribution in [1.29, 1.82) is 0 Å². The highest BCUT2D eigenvalue weighted by molar-refractivity contribution is 5.94. The summed E-state index contributed by atoms with van der Waals surface area (Å²) in [4.78, 5) is 21.7. The summed E-state index contributed by atoms with van der Waals surface area (Å²) >= 11 is 0. The fourth-order valence-electron chi connectivity index (χ4n) is 0.808. The first-order valence-corrected chi connectivity index (χ1v) is 4.07. The standard InChI is InChI=1S/C8H10N4O3/c1-15-7-3-2-5(11-12-7)8(14)10-4-6(9)13/h2-3H,4H2,1H3,(H2,9,13)(H,10,14). The minimum Gasteiger partial charge on any atom is -0.480 e. The molecule has 0 aliphatic rings. The molecule has 7 nitrogen and oxygen atoms in total. The summed E-state index contributed by atoms with van der Waals surface area (Å²) in [6.07, 6.45) is 0. The molecule has 3 N–H and O–H groups in total. The van der Waals surface area contributed by atoms with Crippen molar-refractivity contribution in [2.45, 2.75) is 0 Å². The van der Waals surface area contributed by atoms with Crippen molar-refractivity contribution in [2.75, 3.05) is 13.7 Å². The van der Waals surface area contributed by atoms with Gasteiger partial charge in [0.05, 0.1) is 13.7 Å². The van der Waals surface area contributed by atoms with Crippen molar-refractivity contribution in [3.63, 3.8) is 0 Å². The van der Waals surface area contributed by atoms with Crippen LogP contribution in [-0.4, -0.2) is 35.7 Å². The fraction of sp³-hybridized carbons (Fsp3) is 0.250. The molecule has 0 aliphatic heterocycles. The molecule has 0 saturated heterocycles. The van der Waals surface area contributed by atoms with Crippen molar-refractivity contribution in [1.82, 2.24) is 15.5 Å². The topological polar surface area (TPSA) is 107 Å². The summed E-state index contributed by atoms with van der Waals surface area (Å²) in [7, 11) is 1.44. The van der Waals surface area contributed by atoms with Crippen molar-refractivity contribution < 1.29 is 14.3 Å². The summed E-state index contributed by atoms with van der Waals surface area (Å²) in [6, 6.07) is 2.92. The van der Waals surface area contributed by atoms with E-state index < -0.39 is 11.8 Å². The number of ether oxygens (including phenoxy) is 1. The first kappa shape index (κ1) is 10.9. The Balaban J connectivity index is 2.62. The Morgan fingerprint density at radius 2 is 2.20 bits per heavy atom. The van der Waals surface area contributed by atoms with Crippen LogP contribution in [0.3, 0.4) is 0 Å². The maximum absolute atomic E-state index is 11.3. The number of carbonyl (C=O) groups excluding carboxylic acids is 2. The number of carbonyl (C=O) groups is 2. The molecule has 80 valence electrons. The summed E-state index contributed by atoms with van der Waals surface area (Å²) < 4.78 is 4.77. The third kappa shape index (κ3) is 3.22. The van der Waals surface area contributed by atoms with Crippen LogP contribution in [0.25, 0.3) is 0 Å². The van der Waals surface area contributed by atoms with Crippen molar-refractivity contribution >= 4 is 11.8 Å². The zero-order chi connectivity index (χ0) is 11.3. The van der Waals surface area contributed by atoms with Crippen LogP contribution in [-0.2, 0) is 4.79 Å². The van der Waals surface area contributed by atoms with Gasteiger partial charge in [-0.3, -0.25) is 9.59 Å². The van der Waals surface area contributed by atoms with Crippen LogP contribution in [0.15, 0.2) is 12.1 Å². The Hall–Kier alpha value is -2.18. The van der Waals surface area contributed by atoms with Gasteiger partial charge in [0, 0.05) is 6.07 Å². The number of amides is 2. The Morgan fingerprint density at radius 1 is 1.47 bits per heavy atom. The predicted molar refractivity (Wildman–Crippen MR) is 50.1 cm³/mol. The third-order valence-electron chi connectivity index (χ3n) is 1.51. The third-order valence-corrected chi connectivity index (χ3v) is 1.51. The molecule has 7 heteroatoms. The van der Waals surface area contributed by atoms with Crippen LogP contribution < -0.4 is 15.8 Å². The Labute approximate surface area is 85.6 Å². The van der Waals surface area contributed by atoms with Gasteiger partial charge >= 0.3 is 0 Å². The number of methoxy groups -OCH3 is 1. The summed E-state index contributed by atoms with van der Waals surface area (Å²) in [5.74, 6) is -0.824. The first-order valence-electron chi connectivity index (χ1n) is 4.07. The average Bonchev–Trinajstić information content (AvgIpc) is 2.26. The summed E-state index contributed by atoms with van der Waals surface area (Å²) in [6.45, 7) is -0.230. The van der Waals surface area contributed by atoms with Gasteiger partial charge in [-0.1, -0.05) is 0 Å². The van der Waals surface area contributed by atoms with Crippen LogP contribution in [0.4, 0.5) is 0 Å². The highest BCUT2D eigenvalue weighted by Gasteiger charge is 2.08. The van der Waals surface area contributed by atoms with Crippen LogP contribution in [0.2, 0.25) is 0 Å². The van der Waals surface area contributed by atoms with E-state index in [2.05, 4.69) is 15.5 Å². The minimum atomic E-state index is -0.621. The van der Waals surface area contributed by atoms with E-state index in [1.54, 1.807) is 0 Å². The van der Waals surface area contributed by atoms with Gasteiger partial charge < -0.3 is 15.8 Å². The zero-order valence-corrected chi connectivity index (χ0v) is 8.06. The quantitative estimate of drug-likeness (QED) is 0.642. The SMILES string of the molecule is COc1ccc(C(=O)NCC(N)=O)nn1. The molecule has 0 aliphatic carbocycles. The highest BCUT2D eigenvalue weighted by Crippen LogP contribution is 2.02. The molecular formula is C8H10N4O3. The van der Waals surface area contributed by atoms with E-state index in [1.165, 1.54) is 19.2 Å². The molecule has 0 atom stereocenters. The molecule has 0 radical (unpaired) electrons. The van der Waals surface area contributed by atoms with Gasteiger partial charge in [-0.25, -0.2) is 0 Å². The normalized spacial score (nSPS) is 9.40. The lowest BCUT2D eigenvalue weighted by atomic mass is 10.3. The largest absolute Gasteiger partial charge is 0.480 e. The number of aromatic nitrogens is 2. The number of hydrogen-bond acceptors (Lipinski definition) is 5. The molecule has 0 spiro atoms. The molecule has 1 rings (SSSR count). The van der Waals surface area contributed by atoms with Gasteiger partial charge in [-0.05, 0) is 6.07 Å². The molecule has 0 unspecified atom stereocenters. The highest BCUT2D eigenvalue weighted by atomic mass is 16.5. The molecular weight excluding hydrogens is 200 g/mol. The maximum Gasteiger partial charge on any atom is 0.272 e. The lowest BCUT2D eigenvalue weighted by molar-refractivity contribution is -0.117. The Morgan fingerprint density at radius 3 is 2.67 bits per heavy atom. The number of primary amides is 1. The lowest BCUT2D eigenvalue weighted by Gasteiger charge is -2.01. The van der Waals surface area contributed by atoms with Crippen LogP contribution in [0.1, 0.15) is 10.5 Å². The van der Waals surface area contributed by atoms with Gasteiger partial charge in [0.1, 0.15) is 0 Å². The smallest absolute Gasteiger partial charge is 0.272 e.